The van der Waals surface area contributed by atoms with E-state index in [-0.39, 0.29) is 17.9 Å². The summed E-state index contributed by atoms with van der Waals surface area (Å²) in [6.45, 7) is 1.82. The Labute approximate surface area is 162 Å². The summed E-state index contributed by atoms with van der Waals surface area (Å²) in [4.78, 5) is 30.0. The summed E-state index contributed by atoms with van der Waals surface area (Å²) in [6, 6.07) is 18.9. The van der Waals surface area contributed by atoms with Crippen molar-refractivity contribution in [2.75, 3.05) is 5.32 Å². The van der Waals surface area contributed by atoms with Crippen LogP contribution in [-0.2, 0) is 18.3 Å². The largest absolute Gasteiger partial charge is 0.320 e. The van der Waals surface area contributed by atoms with Crippen LogP contribution in [0.15, 0.2) is 71.7 Å². The van der Waals surface area contributed by atoms with Crippen molar-refractivity contribution < 1.29 is 4.79 Å². The maximum atomic E-state index is 12.9. The van der Waals surface area contributed by atoms with E-state index in [0.717, 1.165) is 22.2 Å². The fourth-order valence-electron chi connectivity index (χ4n) is 3.38. The highest BCUT2D eigenvalue weighted by molar-refractivity contribution is 5.95. The topological polar surface area (TPSA) is 68.9 Å². The number of nitrogens with zero attached hydrogens (tertiary/aromatic N) is 3. The van der Waals surface area contributed by atoms with Crippen LogP contribution in [0.3, 0.4) is 0 Å². The smallest absolute Gasteiger partial charge is 0.295 e. The number of hydrogen-bond acceptors (Lipinski definition) is 3. The van der Waals surface area contributed by atoms with Crippen LogP contribution in [0.5, 0.6) is 0 Å². The number of pyridine rings is 1. The van der Waals surface area contributed by atoms with Gasteiger partial charge in [-0.1, -0.05) is 42.5 Å². The summed E-state index contributed by atoms with van der Waals surface area (Å²) in [5, 5.41) is 3.78. The molecule has 6 heteroatoms. The summed E-state index contributed by atoms with van der Waals surface area (Å²) in [5.74, 6) is -0.246. The van der Waals surface area contributed by atoms with Gasteiger partial charge in [0.05, 0.1) is 23.3 Å². The zero-order chi connectivity index (χ0) is 19.7. The monoisotopic (exact) mass is 372 g/mol. The summed E-state index contributed by atoms with van der Waals surface area (Å²) in [7, 11) is 1.80. The molecule has 2 aromatic carbocycles. The fraction of sp³-hybridized carbons (Fsp3) is 0.136. The zero-order valence-electron chi connectivity index (χ0n) is 15.7. The molecule has 2 aromatic heterocycles. The van der Waals surface area contributed by atoms with E-state index in [0.29, 0.717) is 11.4 Å². The molecule has 6 nitrogen and oxygen atoms in total. The van der Waals surface area contributed by atoms with Gasteiger partial charge in [0.2, 0.25) is 5.91 Å². The normalized spacial score (nSPS) is 10.9. The molecule has 0 radical (unpaired) electrons. The van der Waals surface area contributed by atoms with E-state index >= 15 is 0 Å². The quantitative estimate of drug-likeness (QED) is 0.598. The van der Waals surface area contributed by atoms with Crippen LogP contribution in [-0.4, -0.2) is 20.3 Å². The molecular weight excluding hydrogens is 352 g/mol. The van der Waals surface area contributed by atoms with Crippen molar-refractivity contribution in [3.05, 3.63) is 88.5 Å². The zero-order valence-corrected chi connectivity index (χ0v) is 15.7. The van der Waals surface area contributed by atoms with Crippen molar-refractivity contribution in [1.29, 1.82) is 0 Å². The number of carbonyl (C=O) groups excluding carboxylic acids is 1. The van der Waals surface area contributed by atoms with Crippen molar-refractivity contribution >= 4 is 22.5 Å². The molecule has 4 aromatic rings. The Hall–Kier alpha value is -3.67. The third kappa shape index (κ3) is 3.09. The molecule has 0 bridgehead atoms. The van der Waals surface area contributed by atoms with Crippen LogP contribution in [0.1, 0.15) is 11.3 Å². The van der Waals surface area contributed by atoms with Crippen LogP contribution in [0.4, 0.5) is 5.69 Å². The van der Waals surface area contributed by atoms with Gasteiger partial charge in [-0.2, -0.15) is 0 Å². The SMILES string of the molecule is Cc1c(NC(=O)Cc2cccc3cccnc23)c(=O)n(-c2ccccc2)n1C. The molecule has 28 heavy (non-hydrogen) atoms. The lowest BCUT2D eigenvalue weighted by molar-refractivity contribution is -0.115. The first kappa shape index (κ1) is 17.7. The van der Waals surface area contributed by atoms with Crippen LogP contribution in [0, 0.1) is 6.92 Å². The predicted molar refractivity (Wildman–Crippen MR) is 110 cm³/mol. The number of anilines is 1. The van der Waals surface area contributed by atoms with E-state index < -0.39 is 0 Å². The van der Waals surface area contributed by atoms with Gasteiger partial charge in [0.25, 0.3) is 5.56 Å². The molecule has 2 heterocycles. The molecule has 0 fully saturated rings. The van der Waals surface area contributed by atoms with Gasteiger partial charge in [-0.25, -0.2) is 4.68 Å². The van der Waals surface area contributed by atoms with E-state index in [9.17, 15) is 9.59 Å². The molecule has 0 aliphatic carbocycles. The van der Waals surface area contributed by atoms with Crippen molar-refractivity contribution in [3.63, 3.8) is 0 Å². The van der Waals surface area contributed by atoms with Gasteiger partial charge in [-0.3, -0.25) is 19.3 Å². The number of aromatic nitrogens is 3. The molecule has 1 amide bonds. The molecule has 140 valence electrons. The standard InChI is InChI=1S/C22H20N4O2/c1-15-20(22(28)26(25(15)2)18-11-4-3-5-12-18)24-19(27)14-17-9-6-8-16-10-7-13-23-21(16)17/h3-13H,14H2,1-2H3,(H,24,27). The van der Waals surface area contributed by atoms with Crippen molar-refractivity contribution in [3.8, 4) is 5.69 Å². The first-order chi connectivity index (χ1) is 13.6. The van der Waals surface area contributed by atoms with Gasteiger partial charge in [0.15, 0.2) is 0 Å². The minimum atomic E-state index is -0.254. The molecule has 0 aliphatic rings. The van der Waals surface area contributed by atoms with Crippen LogP contribution in [0.25, 0.3) is 16.6 Å². The number of benzene rings is 2. The minimum Gasteiger partial charge on any atom is -0.320 e. The molecule has 1 N–H and O–H groups in total. The van der Waals surface area contributed by atoms with Crippen molar-refractivity contribution in [1.82, 2.24) is 14.3 Å². The Kier molecular flexibility index (Phi) is 4.53. The van der Waals surface area contributed by atoms with Gasteiger partial charge in [-0.15, -0.1) is 0 Å². The average molecular weight is 372 g/mol. The molecule has 4 rings (SSSR count). The lowest BCUT2D eigenvalue weighted by atomic mass is 10.1. The first-order valence-corrected chi connectivity index (χ1v) is 9.03. The summed E-state index contributed by atoms with van der Waals surface area (Å²) in [6.07, 6.45) is 1.86. The third-order valence-electron chi connectivity index (χ3n) is 4.89. The van der Waals surface area contributed by atoms with Crippen LogP contribution < -0.4 is 10.9 Å². The second kappa shape index (κ2) is 7.15. The summed E-state index contributed by atoms with van der Waals surface area (Å²) < 4.78 is 3.29. The molecule has 0 saturated heterocycles. The Balaban J connectivity index is 1.64. The number of fused-ring (bicyclic) bond motifs is 1. The van der Waals surface area contributed by atoms with Gasteiger partial charge in [0.1, 0.15) is 5.69 Å². The van der Waals surface area contributed by atoms with Gasteiger partial charge >= 0.3 is 0 Å². The van der Waals surface area contributed by atoms with E-state index in [1.165, 1.54) is 0 Å². The highest BCUT2D eigenvalue weighted by Gasteiger charge is 2.18. The van der Waals surface area contributed by atoms with Gasteiger partial charge < -0.3 is 5.32 Å². The number of rotatable bonds is 4. The van der Waals surface area contributed by atoms with E-state index in [2.05, 4.69) is 10.3 Å². The molecule has 0 aliphatic heterocycles. The Morgan fingerprint density at radius 1 is 1.04 bits per heavy atom. The first-order valence-electron chi connectivity index (χ1n) is 9.03. The molecule has 0 saturated carbocycles. The number of hydrogen-bond donors (Lipinski definition) is 1. The highest BCUT2D eigenvalue weighted by atomic mass is 16.2. The lowest BCUT2D eigenvalue weighted by Crippen LogP contribution is -2.23. The van der Waals surface area contributed by atoms with E-state index in [1.54, 1.807) is 22.6 Å². The fourth-order valence-corrected chi connectivity index (χ4v) is 3.38. The molecular formula is C22H20N4O2. The van der Waals surface area contributed by atoms with Gasteiger partial charge in [0, 0.05) is 18.6 Å². The highest BCUT2D eigenvalue weighted by Crippen LogP contribution is 2.18. The average Bonchev–Trinajstić information content (AvgIpc) is 2.92. The number of para-hydroxylation sites is 2. The third-order valence-corrected chi connectivity index (χ3v) is 4.89. The maximum Gasteiger partial charge on any atom is 0.295 e. The molecule has 0 atom stereocenters. The number of nitrogens with one attached hydrogen (secondary N) is 1. The van der Waals surface area contributed by atoms with E-state index in [4.69, 9.17) is 0 Å². The Bertz CT molecular complexity index is 1220. The maximum absolute atomic E-state index is 12.9. The molecule has 0 unspecified atom stereocenters. The van der Waals surface area contributed by atoms with Crippen LogP contribution >= 0.6 is 0 Å². The second-order valence-corrected chi connectivity index (χ2v) is 6.65. The number of carbonyl (C=O) groups is 1. The van der Waals surface area contributed by atoms with Crippen LogP contribution in [0.2, 0.25) is 0 Å². The Morgan fingerprint density at radius 2 is 1.79 bits per heavy atom. The van der Waals surface area contributed by atoms with Crippen molar-refractivity contribution in [2.24, 2.45) is 7.05 Å². The van der Waals surface area contributed by atoms with E-state index in [1.807, 2.05) is 67.6 Å². The molecule has 0 spiro atoms. The Morgan fingerprint density at radius 3 is 2.57 bits per heavy atom. The number of amides is 1. The minimum absolute atomic E-state index is 0.146. The lowest BCUT2D eigenvalue weighted by Gasteiger charge is -2.07. The van der Waals surface area contributed by atoms with Crippen molar-refractivity contribution in [2.45, 2.75) is 13.3 Å². The summed E-state index contributed by atoms with van der Waals surface area (Å²) in [5.41, 5.74) is 3.11. The predicted octanol–water partition coefficient (Wildman–Crippen LogP) is 3.21. The summed E-state index contributed by atoms with van der Waals surface area (Å²) >= 11 is 0. The second-order valence-electron chi connectivity index (χ2n) is 6.65. The van der Waals surface area contributed by atoms with Gasteiger partial charge in [-0.05, 0) is 30.7 Å².